The van der Waals surface area contributed by atoms with Crippen LogP contribution >= 0.6 is 23.2 Å². The van der Waals surface area contributed by atoms with Crippen LogP contribution < -0.4 is 0 Å². The van der Waals surface area contributed by atoms with Crippen LogP contribution in [0.2, 0.25) is 10.0 Å². The largest absolute Gasteiger partial charge is 0.309 e. The number of aromatic nitrogens is 1. The standard InChI is InChI=1S/C13H11Cl2FN2O2/c1-6(2)3-10-13(18(19)20)11(15)8-4-7(16)5-9(14)12(8)17-10/h4-6H,3H2,1-2H3. The molecule has 1 heterocycles. The highest BCUT2D eigenvalue weighted by atomic mass is 35.5. The van der Waals surface area contributed by atoms with Crippen LogP contribution in [0, 0.1) is 21.8 Å². The molecule has 0 radical (unpaired) electrons. The minimum Gasteiger partial charge on any atom is -0.258 e. The van der Waals surface area contributed by atoms with Crippen molar-refractivity contribution in [1.29, 1.82) is 0 Å². The molecule has 20 heavy (non-hydrogen) atoms. The second-order valence-corrected chi connectivity index (χ2v) is 5.65. The van der Waals surface area contributed by atoms with Gasteiger partial charge < -0.3 is 0 Å². The van der Waals surface area contributed by atoms with Crippen LogP contribution in [-0.4, -0.2) is 9.91 Å². The van der Waals surface area contributed by atoms with E-state index in [0.29, 0.717) is 6.42 Å². The summed E-state index contributed by atoms with van der Waals surface area (Å²) in [6, 6.07) is 2.21. The summed E-state index contributed by atoms with van der Waals surface area (Å²) in [6.45, 7) is 3.82. The van der Waals surface area contributed by atoms with Crippen LogP contribution in [0.5, 0.6) is 0 Å². The Balaban J connectivity index is 2.85. The first-order valence-corrected chi connectivity index (χ1v) is 6.68. The fourth-order valence-corrected chi connectivity index (χ4v) is 2.57. The summed E-state index contributed by atoms with van der Waals surface area (Å²) in [5.74, 6) is -0.453. The maximum absolute atomic E-state index is 13.4. The molecule has 0 aliphatic carbocycles. The third-order valence-electron chi connectivity index (χ3n) is 2.78. The van der Waals surface area contributed by atoms with Crippen molar-refractivity contribution in [2.75, 3.05) is 0 Å². The summed E-state index contributed by atoms with van der Waals surface area (Å²) < 4.78 is 13.4. The van der Waals surface area contributed by atoms with E-state index in [1.165, 1.54) is 0 Å². The number of nitrogens with zero attached hydrogens (tertiary/aromatic N) is 2. The van der Waals surface area contributed by atoms with E-state index in [0.717, 1.165) is 12.1 Å². The van der Waals surface area contributed by atoms with E-state index >= 15 is 0 Å². The Kier molecular flexibility index (Phi) is 4.11. The molecule has 106 valence electrons. The zero-order valence-electron chi connectivity index (χ0n) is 10.8. The van der Waals surface area contributed by atoms with Crippen molar-refractivity contribution in [3.63, 3.8) is 0 Å². The highest BCUT2D eigenvalue weighted by Crippen LogP contribution is 2.37. The summed E-state index contributed by atoms with van der Waals surface area (Å²) in [7, 11) is 0. The highest BCUT2D eigenvalue weighted by Gasteiger charge is 2.25. The topological polar surface area (TPSA) is 56.0 Å². The van der Waals surface area contributed by atoms with Crippen molar-refractivity contribution in [2.24, 2.45) is 5.92 Å². The van der Waals surface area contributed by atoms with Gasteiger partial charge >= 0.3 is 5.69 Å². The van der Waals surface area contributed by atoms with E-state index in [9.17, 15) is 14.5 Å². The van der Waals surface area contributed by atoms with Gasteiger partial charge in [0.25, 0.3) is 0 Å². The van der Waals surface area contributed by atoms with Crippen molar-refractivity contribution in [2.45, 2.75) is 20.3 Å². The van der Waals surface area contributed by atoms with E-state index in [2.05, 4.69) is 4.98 Å². The highest BCUT2D eigenvalue weighted by molar-refractivity contribution is 6.40. The number of fused-ring (bicyclic) bond motifs is 1. The minimum atomic E-state index is -0.614. The van der Waals surface area contributed by atoms with Crippen LogP contribution in [-0.2, 0) is 6.42 Å². The molecular formula is C13H11Cl2FN2O2. The van der Waals surface area contributed by atoms with Crippen molar-refractivity contribution in [3.8, 4) is 0 Å². The first-order valence-electron chi connectivity index (χ1n) is 5.92. The van der Waals surface area contributed by atoms with Gasteiger partial charge in [0.15, 0.2) is 0 Å². The van der Waals surface area contributed by atoms with Crippen molar-refractivity contribution < 1.29 is 9.31 Å². The smallest absolute Gasteiger partial charge is 0.258 e. The monoisotopic (exact) mass is 316 g/mol. The predicted molar refractivity (Wildman–Crippen MR) is 76.9 cm³/mol. The van der Waals surface area contributed by atoms with Gasteiger partial charge in [-0.15, -0.1) is 0 Å². The van der Waals surface area contributed by atoms with Gasteiger partial charge in [0.2, 0.25) is 0 Å². The molecule has 0 bridgehead atoms. The van der Waals surface area contributed by atoms with E-state index in [4.69, 9.17) is 23.2 Å². The van der Waals surface area contributed by atoms with E-state index in [1.54, 1.807) is 0 Å². The third kappa shape index (κ3) is 2.69. The quantitative estimate of drug-likeness (QED) is 0.604. The number of hydrogen-bond donors (Lipinski definition) is 0. The lowest BCUT2D eigenvalue weighted by Gasteiger charge is -2.10. The maximum atomic E-state index is 13.4. The SMILES string of the molecule is CC(C)Cc1nc2c(Cl)cc(F)cc2c(Cl)c1[N+](=O)[O-]. The van der Waals surface area contributed by atoms with E-state index < -0.39 is 10.7 Å². The number of benzene rings is 1. The van der Waals surface area contributed by atoms with Gasteiger partial charge in [0, 0.05) is 5.39 Å². The molecule has 0 fully saturated rings. The third-order valence-corrected chi connectivity index (χ3v) is 3.45. The fraction of sp³-hybridized carbons (Fsp3) is 0.308. The molecule has 2 aromatic rings. The average Bonchev–Trinajstić information content (AvgIpc) is 2.29. The molecule has 0 saturated heterocycles. The molecule has 0 N–H and O–H groups in total. The van der Waals surface area contributed by atoms with Gasteiger partial charge in [0.1, 0.15) is 16.5 Å². The average molecular weight is 317 g/mol. The predicted octanol–water partition coefficient (Wildman–Crippen LogP) is 4.79. The molecule has 0 unspecified atom stereocenters. The van der Waals surface area contributed by atoms with Crippen molar-refractivity contribution >= 4 is 39.8 Å². The molecule has 0 saturated carbocycles. The fourth-order valence-electron chi connectivity index (χ4n) is 2.00. The lowest BCUT2D eigenvalue weighted by molar-refractivity contribution is -0.385. The number of pyridine rings is 1. The van der Waals surface area contributed by atoms with Crippen LogP contribution in [0.3, 0.4) is 0 Å². The number of hydrogen-bond acceptors (Lipinski definition) is 3. The van der Waals surface area contributed by atoms with Crippen LogP contribution in [0.4, 0.5) is 10.1 Å². The van der Waals surface area contributed by atoms with Crippen LogP contribution in [0.25, 0.3) is 10.9 Å². The van der Waals surface area contributed by atoms with Gasteiger partial charge in [-0.3, -0.25) is 10.1 Å². The lowest BCUT2D eigenvalue weighted by atomic mass is 10.0. The normalized spacial score (nSPS) is 11.3. The molecule has 0 aliphatic heterocycles. The van der Waals surface area contributed by atoms with Crippen LogP contribution in [0.15, 0.2) is 12.1 Å². The second-order valence-electron chi connectivity index (χ2n) is 4.86. The number of halogens is 3. The molecule has 0 amide bonds. The van der Waals surface area contributed by atoms with Gasteiger partial charge in [-0.2, -0.15) is 0 Å². The lowest BCUT2D eigenvalue weighted by Crippen LogP contribution is -2.04. The molecule has 1 aromatic heterocycles. The van der Waals surface area contributed by atoms with Crippen LogP contribution in [0.1, 0.15) is 19.5 Å². The zero-order valence-corrected chi connectivity index (χ0v) is 12.3. The minimum absolute atomic E-state index is 0.0850. The van der Waals surface area contributed by atoms with Gasteiger partial charge in [-0.1, -0.05) is 37.0 Å². The summed E-state index contributed by atoms with van der Waals surface area (Å²) in [5, 5.41) is 11.3. The zero-order chi connectivity index (χ0) is 15.0. The Bertz CT molecular complexity index is 705. The molecule has 1 aromatic carbocycles. The molecule has 0 spiro atoms. The Morgan fingerprint density at radius 2 is 2.05 bits per heavy atom. The Morgan fingerprint density at radius 3 is 2.60 bits per heavy atom. The summed E-state index contributed by atoms with van der Waals surface area (Å²) in [6.07, 6.45) is 0.389. The van der Waals surface area contributed by atoms with Crippen molar-refractivity contribution in [1.82, 2.24) is 4.98 Å². The first kappa shape index (κ1) is 14.9. The number of rotatable bonds is 3. The summed E-state index contributed by atoms with van der Waals surface area (Å²) in [5.41, 5.74) is 0.254. The molecule has 0 aliphatic rings. The Hall–Kier alpha value is -1.46. The Labute approximate surface area is 124 Å². The number of nitro groups is 1. The summed E-state index contributed by atoms with van der Waals surface area (Å²) >= 11 is 12.0. The van der Waals surface area contributed by atoms with Gasteiger partial charge in [0.05, 0.1) is 15.5 Å². The second kappa shape index (κ2) is 5.50. The van der Waals surface area contributed by atoms with Crippen molar-refractivity contribution in [3.05, 3.63) is 43.8 Å². The molecule has 4 nitrogen and oxygen atoms in total. The molecular weight excluding hydrogens is 306 g/mol. The summed E-state index contributed by atoms with van der Waals surface area (Å²) in [4.78, 5) is 14.8. The van der Waals surface area contributed by atoms with E-state index in [-0.39, 0.29) is 38.2 Å². The maximum Gasteiger partial charge on any atom is 0.309 e. The molecule has 7 heteroatoms. The first-order chi connectivity index (χ1) is 9.31. The van der Waals surface area contributed by atoms with Gasteiger partial charge in [-0.05, 0) is 24.5 Å². The van der Waals surface area contributed by atoms with E-state index in [1.807, 2.05) is 13.8 Å². The van der Waals surface area contributed by atoms with Gasteiger partial charge in [-0.25, -0.2) is 9.37 Å². The Morgan fingerprint density at radius 1 is 1.40 bits per heavy atom. The molecule has 0 atom stereocenters. The molecule has 2 rings (SSSR count).